The van der Waals surface area contributed by atoms with Gasteiger partial charge in [0, 0.05) is 5.69 Å². The Bertz CT molecular complexity index is 819. The minimum absolute atomic E-state index is 0.487. The lowest BCUT2D eigenvalue weighted by atomic mass is 9.97. The Morgan fingerprint density at radius 3 is 2.28 bits per heavy atom. The predicted octanol–water partition coefficient (Wildman–Crippen LogP) is 3.78. The van der Waals surface area contributed by atoms with Crippen molar-refractivity contribution >= 4 is 27.1 Å². The first-order valence-electron chi connectivity index (χ1n) is 8.58. The van der Waals surface area contributed by atoms with E-state index < -0.39 is 21.4 Å². The van der Waals surface area contributed by atoms with E-state index in [9.17, 15) is 13.5 Å². The SMILES string of the molecule is Cc1ccc(Nc2ccccc2NS(=O)(=O)C2CCCCC2O)cc1. The number of hydrogen-bond donors (Lipinski definition) is 3. The maximum absolute atomic E-state index is 12.7. The van der Waals surface area contributed by atoms with Crippen LogP contribution in [-0.4, -0.2) is 24.9 Å². The Kier molecular flexibility index (Phi) is 5.30. The van der Waals surface area contributed by atoms with Crippen molar-refractivity contribution < 1.29 is 13.5 Å². The molecule has 2 aromatic rings. The molecule has 0 saturated heterocycles. The maximum atomic E-state index is 12.7. The summed E-state index contributed by atoms with van der Waals surface area (Å²) in [6.07, 6.45) is 1.92. The highest BCUT2D eigenvalue weighted by atomic mass is 32.2. The summed E-state index contributed by atoms with van der Waals surface area (Å²) < 4.78 is 28.1. The molecule has 0 radical (unpaired) electrons. The minimum atomic E-state index is -3.65. The van der Waals surface area contributed by atoms with Gasteiger partial charge in [0.05, 0.1) is 17.5 Å². The summed E-state index contributed by atoms with van der Waals surface area (Å²) in [6.45, 7) is 2.02. The van der Waals surface area contributed by atoms with Crippen molar-refractivity contribution in [1.29, 1.82) is 0 Å². The lowest BCUT2D eigenvalue weighted by Gasteiger charge is -2.28. The van der Waals surface area contributed by atoms with Crippen molar-refractivity contribution in [2.45, 2.75) is 44.0 Å². The number of benzene rings is 2. The number of aryl methyl sites for hydroxylation is 1. The number of sulfonamides is 1. The van der Waals surface area contributed by atoms with Crippen LogP contribution in [0.25, 0.3) is 0 Å². The molecule has 0 spiro atoms. The third kappa shape index (κ3) is 4.32. The normalized spacial score (nSPS) is 20.9. The van der Waals surface area contributed by atoms with Crippen molar-refractivity contribution in [3.8, 4) is 0 Å². The first-order chi connectivity index (χ1) is 12.0. The molecule has 0 heterocycles. The van der Waals surface area contributed by atoms with Gasteiger partial charge in [0.15, 0.2) is 0 Å². The van der Waals surface area contributed by atoms with Crippen LogP contribution in [-0.2, 0) is 10.0 Å². The molecule has 0 amide bonds. The summed E-state index contributed by atoms with van der Waals surface area (Å²) in [5.41, 5.74) is 3.21. The first-order valence-corrected chi connectivity index (χ1v) is 10.1. The smallest absolute Gasteiger partial charge is 0.238 e. The zero-order valence-electron chi connectivity index (χ0n) is 14.3. The molecule has 5 nitrogen and oxygen atoms in total. The number of hydrogen-bond acceptors (Lipinski definition) is 4. The lowest BCUT2D eigenvalue weighted by Crippen LogP contribution is -2.40. The molecular formula is C19H24N2O3S. The zero-order chi connectivity index (χ0) is 17.9. The number of aliphatic hydroxyl groups excluding tert-OH is 1. The zero-order valence-corrected chi connectivity index (χ0v) is 15.1. The summed E-state index contributed by atoms with van der Waals surface area (Å²) in [5, 5.41) is 12.6. The third-order valence-electron chi connectivity index (χ3n) is 4.58. The molecule has 1 aliphatic carbocycles. The second-order valence-corrected chi connectivity index (χ2v) is 8.47. The molecule has 25 heavy (non-hydrogen) atoms. The molecule has 2 atom stereocenters. The van der Waals surface area contributed by atoms with Gasteiger partial charge in [-0.15, -0.1) is 0 Å². The number of rotatable bonds is 5. The Morgan fingerprint density at radius 1 is 0.960 bits per heavy atom. The summed E-state index contributed by atoms with van der Waals surface area (Å²) in [4.78, 5) is 0. The second kappa shape index (κ2) is 7.45. The molecule has 2 aromatic carbocycles. The summed E-state index contributed by atoms with van der Waals surface area (Å²) >= 11 is 0. The fourth-order valence-corrected chi connectivity index (χ4v) is 4.80. The molecule has 1 saturated carbocycles. The highest BCUT2D eigenvalue weighted by Gasteiger charge is 2.34. The van der Waals surface area contributed by atoms with Crippen LogP contribution in [0.1, 0.15) is 31.2 Å². The topological polar surface area (TPSA) is 78.4 Å². The van der Waals surface area contributed by atoms with Crippen LogP contribution in [0.4, 0.5) is 17.1 Å². The minimum Gasteiger partial charge on any atom is -0.392 e. The lowest BCUT2D eigenvalue weighted by molar-refractivity contribution is 0.133. The van der Waals surface area contributed by atoms with Crippen molar-refractivity contribution in [3.05, 3.63) is 54.1 Å². The Balaban J connectivity index is 1.81. The van der Waals surface area contributed by atoms with E-state index in [2.05, 4.69) is 10.0 Å². The van der Waals surface area contributed by atoms with Crippen LogP contribution in [0.15, 0.2) is 48.5 Å². The summed E-state index contributed by atoms with van der Waals surface area (Å²) in [7, 11) is -3.65. The molecule has 1 aliphatic rings. The van der Waals surface area contributed by atoms with E-state index in [1.807, 2.05) is 43.3 Å². The molecule has 6 heteroatoms. The first kappa shape index (κ1) is 17.8. The van der Waals surface area contributed by atoms with Crippen LogP contribution >= 0.6 is 0 Å². The number of aliphatic hydroxyl groups is 1. The Hall–Kier alpha value is -2.05. The van der Waals surface area contributed by atoms with E-state index in [1.54, 1.807) is 12.1 Å². The molecule has 134 valence electrons. The van der Waals surface area contributed by atoms with Crippen molar-refractivity contribution in [2.75, 3.05) is 10.0 Å². The van der Waals surface area contributed by atoms with Gasteiger partial charge >= 0.3 is 0 Å². The summed E-state index contributed by atoms with van der Waals surface area (Å²) in [6, 6.07) is 15.1. The van der Waals surface area contributed by atoms with Crippen molar-refractivity contribution in [1.82, 2.24) is 0 Å². The molecular weight excluding hydrogens is 336 g/mol. The number of nitrogens with one attached hydrogen (secondary N) is 2. The van der Waals surface area contributed by atoms with E-state index in [-0.39, 0.29) is 0 Å². The van der Waals surface area contributed by atoms with Crippen molar-refractivity contribution in [2.24, 2.45) is 0 Å². The van der Waals surface area contributed by atoms with Crippen LogP contribution in [0.2, 0.25) is 0 Å². The van der Waals surface area contributed by atoms with Gasteiger partial charge in [-0.2, -0.15) is 0 Å². The van der Waals surface area contributed by atoms with E-state index in [1.165, 1.54) is 0 Å². The molecule has 1 fully saturated rings. The van der Waals surface area contributed by atoms with Crippen LogP contribution < -0.4 is 10.0 Å². The molecule has 3 N–H and O–H groups in total. The molecule has 0 aromatic heterocycles. The van der Waals surface area contributed by atoms with Gasteiger partial charge in [0.2, 0.25) is 10.0 Å². The van der Waals surface area contributed by atoms with Gasteiger partial charge in [-0.1, -0.05) is 42.7 Å². The molecule has 3 rings (SSSR count). The van der Waals surface area contributed by atoms with E-state index >= 15 is 0 Å². The fraction of sp³-hybridized carbons (Fsp3) is 0.368. The molecule has 0 bridgehead atoms. The standard InChI is InChI=1S/C19H24N2O3S/c1-14-10-12-15(13-11-14)20-16-6-2-3-7-17(16)21-25(23,24)19-9-5-4-8-18(19)22/h2-3,6-7,10-13,18-22H,4-5,8-9H2,1H3. The van der Waals surface area contributed by atoms with Gasteiger partial charge < -0.3 is 10.4 Å². The average Bonchev–Trinajstić information content (AvgIpc) is 2.58. The Labute approximate surface area is 149 Å². The average molecular weight is 360 g/mol. The number of para-hydroxylation sites is 2. The molecule has 2 unspecified atom stereocenters. The van der Waals surface area contributed by atoms with Gasteiger partial charge in [0.1, 0.15) is 5.25 Å². The quantitative estimate of drug-likeness (QED) is 0.758. The predicted molar refractivity (Wildman–Crippen MR) is 102 cm³/mol. The Morgan fingerprint density at radius 2 is 1.60 bits per heavy atom. The van der Waals surface area contributed by atoms with E-state index in [0.29, 0.717) is 24.2 Å². The highest BCUT2D eigenvalue weighted by molar-refractivity contribution is 7.93. The third-order valence-corrected chi connectivity index (χ3v) is 6.43. The number of anilines is 3. The summed E-state index contributed by atoms with van der Waals surface area (Å²) in [5.74, 6) is 0. The van der Waals surface area contributed by atoms with Crippen LogP contribution in [0.3, 0.4) is 0 Å². The van der Waals surface area contributed by atoms with E-state index in [4.69, 9.17) is 0 Å². The van der Waals surface area contributed by atoms with Gasteiger partial charge in [-0.3, -0.25) is 4.72 Å². The van der Waals surface area contributed by atoms with E-state index in [0.717, 1.165) is 24.1 Å². The van der Waals surface area contributed by atoms with Gasteiger partial charge in [0.25, 0.3) is 0 Å². The van der Waals surface area contributed by atoms with Gasteiger partial charge in [-0.05, 0) is 44.0 Å². The monoisotopic (exact) mass is 360 g/mol. The maximum Gasteiger partial charge on any atom is 0.238 e. The highest BCUT2D eigenvalue weighted by Crippen LogP contribution is 2.30. The van der Waals surface area contributed by atoms with Crippen molar-refractivity contribution in [3.63, 3.8) is 0 Å². The second-order valence-electron chi connectivity index (χ2n) is 6.57. The largest absolute Gasteiger partial charge is 0.392 e. The molecule has 0 aliphatic heterocycles. The van der Waals surface area contributed by atoms with Crippen LogP contribution in [0.5, 0.6) is 0 Å². The van der Waals surface area contributed by atoms with Gasteiger partial charge in [-0.25, -0.2) is 8.42 Å². The fourth-order valence-electron chi connectivity index (χ4n) is 3.14. The van der Waals surface area contributed by atoms with Crippen LogP contribution in [0, 0.1) is 6.92 Å².